The molecule has 8 heteroatoms. The van der Waals surface area contributed by atoms with Gasteiger partial charge in [-0.05, 0) is 23.3 Å². The summed E-state index contributed by atoms with van der Waals surface area (Å²) in [6.07, 6.45) is 0. The van der Waals surface area contributed by atoms with E-state index in [-0.39, 0.29) is 31.2 Å². The van der Waals surface area contributed by atoms with Crippen molar-refractivity contribution < 1.29 is 9.53 Å². The monoisotopic (exact) mass is 456 g/mol. The lowest BCUT2D eigenvalue weighted by atomic mass is 10.2. The molecule has 3 N–H and O–H groups in total. The summed E-state index contributed by atoms with van der Waals surface area (Å²) in [7, 11) is 0. The van der Waals surface area contributed by atoms with E-state index in [1.54, 1.807) is 24.3 Å². The van der Waals surface area contributed by atoms with Crippen molar-refractivity contribution in [3.8, 4) is 5.75 Å². The number of hydrogen-bond donors (Lipinski definition) is 2. The fourth-order valence-electron chi connectivity index (χ4n) is 3.56. The predicted molar refractivity (Wildman–Crippen MR) is 131 cm³/mol. The van der Waals surface area contributed by atoms with E-state index in [4.69, 9.17) is 10.5 Å². The Kier molecular flexibility index (Phi) is 6.88. The molecule has 0 aliphatic heterocycles. The molecule has 0 unspecified atom stereocenters. The first-order valence-electron chi connectivity index (χ1n) is 10.7. The highest BCUT2D eigenvalue weighted by atomic mass is 16.5. The first-order valence-corrected chi connectivity index (χ1v) is 10.7. The third-order valence-corrected chi connectivity index (χ3v) is 5.26. The Morgan fingerprint density at radius 1 is 0.853 bits per heavy atom. The molecule has 0 aliphatic rings. The van der Waals surface area contributed by atoms with Gasteiger partial charge in [0.25, 0.3) is 11.5 Å². The number of hydrogen-bond acceptors (Lipinski definition) is 5. The van der Waals surface area contributed by atoms with Gasteiger partial charge < -0.3 is 10.5 Å². The molecule has 0 saturated carbocycles. The van der Waals surface area contributed by atoms with Gasteiger partial charge in [0, 0.05) is 0 Å². The van der Waals surface area contributed by atoms with Crippen LogP contribution in [0.25, 0.3) is 0 Å². The quantitative estimate of drug-likeness (QED) is 0.424. The number of nitrogens with zero attached hydrogens (tertiary/aromatic N) is 2. The van der Waals surface area contributed by atoms with Crippen molar-refractivity contribution in [2.24, 2.45) is 0 Å². The zero-order chi connectivity index (χ0) is 23.9. The summed E-state index contributed by atoms with van der Waals surface area (Å²) < 4.78 is 6.87. The number of amides is 1. The lowest BCUT2D eigenvalue weighted by Crippen LogP contribution is -2.42. The van der Waals surface area contributed by atoms with Gasteiger partial charge in [-0.1, -0.05) is 78.9 Å². The van der Waals surface area contributed by atoms with Crippen molar-refractivity contribution in [2.45, 2.75) is 13.1 Å². The van der Waals surface area contributed by atoms with Gasteiger partial charge in [-0.3, -0.25) is 24.0 Å². The van der Waals surface area contributed by atoms with Crippen LogP contribution in [0.3, 0.4) is 0 Å². The number of carbonyl (C=O) groups excluding carboxylic acids is 1. The van der Waals surface area contributed by atoms with E-state index in [1.165, 1.54) is 9.47 Å². The summed E-state index contributed by atoms with van der Waals surface area (Å²) in [4.78, 5) is 42.3. The minimum absolute atomic E-state index is 0.0780. The van der Waals surface area contributed by atoms with Gasteiger partial charge in [0.1, 0.15) is 11.6 Å². The number of nitrogens with one attached hydrogen (secondary N) is 1. The fourth-order valence-corrected chi connectivity index (χ4v) is 3.56. The number of ether oxygens (including phenoxy) is 1. The Bertz CT molecular complexity index is 1370. The molecular weight excluding hydrogens is 432 g/mol. The maximum atomic E-state index is 13.3. The third-order valence-electron chi connectivity index (χ3n) is 5.26. The number of aromatic nitrogens is 2. The van der Waals surface area contributed by atoms with E-state index in [0.717, 1.165) is 11.1 Å². The second-order valence-corrected chi connectivity index (χ2v) is 7.63. The standard InChI is InChI=1S/C26H24N4O4/c27-24-23(25(32)28-26(33)30(24)17-20-12-6-2-7-13-20)29(16-19-10-4-1-5-11-19)22(31)18-34-21-14-8-3-9-15-21/h1-15H,16-18,27H2,(H,28,32,33). The van der Waals surface area contributed by atoms with E-state index in [0.29, 0.717) is 5.75 Å². The maximum absolute atomic E-state index is 13.3. The molecule has 4 rings (SSSR count). The van der Waals surface area contributed by atoms with Crippen molar-refractivity contribution >= 4 is 17.4 Å². The number of H-pyrrole nitrogens is 1. The van der Waals surface area contributed by atoms with E-state index in [9.17, 15) is 14.4 Å². The minimum Gasteiger partial charge on any atom is -0.484 e. The van der Waals surface area contributed by atoms with Crippen molar-refractivity contribution in [3.05, 3.63) is 123 Å². The first-order chi connectivity index (χ1) is 16.5. The molecule has 1 heterocycles. The SMILES string of the molecule is Nc1c(N(Cc2ccccc2)C(=O)COc2ccccc2)c(=O)[nH]c(=O)n1Cc1ccccc1. The van der Waals surface area contributed by atoms with E-state index in [2.05, 4.69) is 4.98 Å². The number of anilines is 2. The normalized spacial score (nSPS) is 10.6. The number of rotatable bonds is 8. The second-order valence-electron chi connectivity index (χ2n) is 7.63. The Balaban J connectivity index is 1.72. The molecule has 34 heavy (non-hydrogen) atoms. The summed E-state index contributed by atoms with van der Waals surface area (Å²) in [5.74, 6) is -0.0529. The van der Waals surface area contributed by atoms with Crippen molar-refractivity contribution in [2.75, 3.05) is 17.2 Å². The van der Waals surface area contributed by atoms with Crippen LogP contribution in [-0.2, 0) is 17.9 Å². The smallest absolute Gasteiger partial charge is 0.330 e. The number of carbonyl (C=O) groups is 1. The van der Waals surface area contributed by atoms with E-state index < -0.39 is 17.2 Å². The average molecular weight is 457 g/mol. The summed E-state index contributed by atoms with van der Waals surface area (Å²) in [5.41, 5.74) is 6.46. The van der Waals surface area contributed by atoms with Crippen LogP contribution in [0.1, 0.15) is 11.1 Å². The summed E-state index contributed by atoms with van der Waals surface area (Å²) in [6.45, 7) is -0.0919. The summed E-state index contributed by atoms with van der Waals surface area (Å²) in [5, 5.41) is 0. The molecule has 0 saturated heterocycles. The highest BCUT2D eigenvalue weighted by Gasteiger charge is 2.25. The highest BCUT2D eigenvalue weighted by Crippen LogP contribution is 2.21. The molecule has 3 aromatic carbocycles. The molecular formula is C26H24N4O4. The van der Waals surface area contributed by atoms with Crippen LogP contribution in [0.4, 0.5) is 11.5 Å². The van der Waals surface area contributed by atoms with Crippen molar-refractivity contribution in [1.82, 2.24) is 9.55 Å². The number of nitrogens with two attached hydrogens (primary N) is 1. The Labute approximate surface area is 195 Å². The number of aromatic amines is 1. The van der Waals surface area contributed by atoms with Crippen molar-refractivity contribution in [3.63, 3.8) is 0 Å². The largest absolute Gasteiger partial charge is 0.484 e. The molecule has 0 atom stereocenters. The lowest BCUT2D eigenvalue weighted by Gasteiger charge is -2.25. The van der Waals surface area contributed by atoms with Crippen LogP contribution in [0.5, 0.6) is 5.75 Å². The zero-order valence-corrected chi connectivity index (χ0v) is 18.4. The molecule has 0 aliphatic carbocycles. The average Bonchev–Trinajstić information content (AvgIpc) is 2.86. The van der Waals surface area contributed by atoms with Gasteiger partial charge >= 0.3 is 5.69 Å². The number of nitrogen functional groups attached to an aromatic ring is 1. The molecule has 0 fully saturated rings. The molecule has 0 bridgehead atoms. The molecule has 4 aromatic rings. The first kappa shape index (κ1) is 22.6. The zero-order valence-electron chi connectivity index (χ0n) is 18.4. The van der Waals surface area contributed by atoms with Gasteiger partial charge in [0.05, 0.1) is 13.1 Å². The Morgan fingerprint density at radius 2 is 1.41 bits per heavy atom. The third kappa shape index (κ3) is 5.24. The van der Waals surface area contributed by atoms with Gasteiger partial charge in [0.2, 0.25) is 0 Å². The molecule has 8 nitrogen and oxygen atoms in total. The molecule has 1 aromatic heterocycles. The number of para-hydroxylation sites is 1. The molecule has 172 valence electrons. The summed E-state index contributed by atoms with van der Waals surface area (Å²) in [6, 6.07) is 27.3. The molecule has 1 amide bonds. The molecule has 0 spiro atoms. The highest BCUT2D eigenvalue weighted by molar-refractivity contribution is 5.96. The minimum atomic E-state index is -0.740. The maximum Gasteiger partial charge on any atom is 0.330 e. The second kappa shape index (κ2) is 10.4. The van der Waals surface area contributed by atoms with Crippen LogP contribution in [0.2, 0.25) is 0 Å². The predicted octanol–water partition coefficient (Wildman–Crippen LogP) is 2.78. The topological polar surface area (TPSA) is 110 Å². The van der Waals surface area contributed by atoms with Crippen LogP contribution < -0.4 is 26.6 Å². The number of benzene rings is 3. The molecule has 0 radical (unpaired) electrons. The Hall–Kier alpha value is -4.59. The van der Waals surface area contributed by atoms with Crippen LogP contribution in [0, 0.1) is 0 Å². The van der Waals surface area contributed by atoms with E-state index >= 15 is 0 Å². The van der Waals surface area contributed by atoms with E-state index in [1.807, 2.05) is 66.7 Å². The van der Waals surface area contributed by atoms with Crippen LogP contribution in [0.15, 0.2) is 101 Å². The summed E-state index contributed by atoms with van der Waals surface area (Å²) >= 11 is 0. The van der Waals surface area contributed by atoms with Gasteiger partial charge in [-0.25, -0.2) is 4.79 Å². The fraction of sp³-hybridized carbons (Fsp3) is 0.115. The Morgan fingerprint density at radius 3 is 2.03 bits per heavy atom. The van der Waals surface area contributed by atoms with Gasteiger partial charge in [-0.15, -0.1) is 0 Å². The van der Waals surface area contributed by atoms with Crippen LogP contribution in [-0.4, -0.2) is 22.1 Å². The van der Waals surface area contributed by atoms with Gasteiger partial charge in [-0.2, -0.15) is 0 Å². The van der Waals surface area contributed by atoms with Gasteiger partial charge in [0.15, 0.2) is 12.3 Å². The van der Waals surface area contributed by atoms with Crippen molar-refractivity contribution in [1.29, 1.82) is 0 Å². The lowest BCUT2D eigenvalue weighted by molar-refractivity contribution is -0.120. The van der Waals surface area contributed by atoms with Crippen LogP contribution >= 0.6 is 0 Å².